The maximum Gasteiger partial charge on any atom is 0.161 e. The first-order valence-corrected chi connectivity index (χ1v) is 27.2. The second-order valence-corrected chi connectivity index (χ2v) is 21.3. The molecule has 368 valence electrons. The maximum atomic E-state index is 7.49. The van der Waals surface area contributed by atoms with Crippen molar-refractivity contribution in [3.63, 3.8) is 0 Å². The minimum Gasteiger partial charge on any atom is -0.455 e. The smallest absolute Gasteiger partial charge is 0.161 e. The molecule has 5 heteroatoms. The molecule has 0 fully saturated rings. The average molecular weight is 999 g/mol. The van der Waals surface area contributed by atoms with Crippen molar-refractivity contribution in [3.05, 3.63) is 265 Å². The second kappa shape index (κ2) is 17.6. The molecule has 1 aliphatic rings. The standard InChI is InChI=1S/C73H50N4O/c1-45-39-62(52-24-16-23-49(41-52)46-17-4-2-5-18-46)74-73(75-63(40-45)53-33-36-65-60(43-53)57-29-14-15-30-64(57)76(65)54-25-6-3-7-26-54)70-67(38-35-59-58-34-31-48-20-11-13-28-56(48)71(58)78-72(59)70)77-66-37-32-47-19-10-12-27-55(47)69(66)61-42-50-21-8-9-22-51(50)44-68(61)77/h2-38,41-45,63H,39-40H2,1H3. The lowest BCUT2D eigenvalue weighted by Gasteiger charge is -2.24. The Kier molecular flexibility index (Phi) is 10.0. The highest BCUT2D eigenvalue weighted by Gasteiger charge is 2.29. The number of nitrogens with zero attached hydrogens (tertiary/aromatic N) is 4. The second-order valence-electron chi connectivity index (χ2n) is 21.3. The molecule has 0 saturated carbocycles. The van der Waals surface area contributed by atoms with Crippen LogP contribution in [-0.2, 0) is 0 Å². The highest BCUT2D eigenvalue weighted by atomic mass is 16.3. The van der Waals surface area contributed by atoms with Crippen LogP contribution in [0.5, 0.6) is 0 Å². The van der Waals surface area contributed by atoms with E-state index >= 15 is 0 Å². The number of aromatic nitrogens is 2. The molecule has 0 saturated heterocycles. The molecule has 12 aromatic carbocycles. The zero-order valence-corrected chi connectivity index (χ0v) is 42.9. The summed E-state index contributed by atoms with van der Waals surface area (Å²) in [6.45, 7) is 2.37. The van der Waals surface area contributed by atoms with Gasteiger partial charge < -0.3 is 13.6 Å². The van der Waals surface area contributed by atoms with Crippen molar-refractivity contribution in [3.8, 4) is 22.5 Å². The zero-order valence-electron chi connectivity index (χ0n) is 42.9. The fourth-order valence-electron chi connectivity index (χ4n) is 13.0. The van der Waals surface area contributed by atoms with E-state index < -0.39 is 0 Å². The van der Waals surface area contributed by atoms with Crippen LogP contribution in [0, 0.1) is 5.92 Å². The van der Waals surface area contributed by atoms with Gasteiger partial charge in [0.1, 0.15) is 11.2 Å². The molecule has 16 rings (SSSR count). The molecule has 0 N–H and O–H groups in total. The van der Waals surface area contributed by atoms with E-state index in [0.717, 1.165) is 95.9 Å². The minimum atomic E-state index is -0.237. The van der Waals surface area contributed by atoms with E-state index in [1.807, 2.05) is 0 Å². The lowest BCUT2D eigenvalue weighted by atomic mass is 9.88. The molecule has 1 aliphatic heterocycles. The van der Waals surface area contributed by atoms with Gasteiger partial charge in [0.15, 0.2) is 5.84 Å². The van der Waals surface area contributed by atoms with Crippen LogP contribution in [0.25, 0.3) is 120 Å². The zero-order chi connectivity index (χ0) is 51.4. The van der Waals surface area contributed by atoms with E-state index in [9.17, 15) is 0 Å². The van der Waals surface area contributed by atoms with Gasteiger partial charge in [-0.15, -0.1) is 0 Å². The largest absolute Gasteiger partial charge is 0.455 e. The Morgan fingerprint density at radius 3 is 1.87 bits per heavy atom. The summed E-state index contributed by atoms with van der Waals surface area (Å²) in [5.41, 5.74) is 14.7. The summed E-state index contributed by atoms with van der Waals surface area (Å²) in [6, 6.07) is 90.2. The monoisotopic (exact) mass is 998 g/mol. The minimum absolute atomic E-state index is 0.237. The highest BCUT2D eigenvalue weighted by molar-refractivity contribution is 6.26. The molecule has 0 radical (unpaired) electrons. The lowest BCUT2D eigenvalue weighted by molar-refractivity contribution is 0.486. The number of aliphatic imine (C=N–C) groups is 2. The first-order valence-electron chi connectivity index (χ1n) is 27.2. The Morgan fingerprint density at radius 1 is 0.410 bits per heavy atom. The summed E-state index contributed by atoms with van der Waals surface area (Å²) in [6.07, 6.45) is 1.57. The van der Waals surface area contributed by atoms with Crippen molar-refractivity contribution in [1.29, 1.82) is 0 Å². The summed E-state index contributed by atoms with van der Waals surface area (Å²) >= 11 is 0. The van der Waals surface area contributed by atoms with Gasteiger partial charge in [0.25, 0.3) is 0 Å². The number of para-hydroxylation sites is 2. The number of rotatable bonds is 6. The third-order valence-electron chi connectivity index (χ3n) is 16.6. The molecule has 0 aliphatic carbocycles. The molecule has 0 amide bonds. The van der Waals surface area contributed by atoms with Gasteiger partial charge in [-0.3, -0.25) is 4.99 Å². The predicted molar refractivity (Wildman–Crippen MR) is 327 cm³/mol. The molecule has 5 nitrogen and oxygen atoms in total. The summed E-state index contributed by atoms with van der Waals surface area (Å²) in [5.74, 6) is 0.895. The van der Waals surface area contributed by atoms with Crippen LogP contribution >= 0.6 is 0 Å². The van der Waals surface area contributed by atoms with Gasteiger partial charge in [-0.05, 0) is 141 Å². The molecule has 2 unspecified atom stereocenters. The first kappa shape index (κ1) is 44.5. The summed E-state index contributed by atoms with van der Waals surface area (Å²) < 4.78 is 12.3. The van der Waals surface area contributed by atoms with Gasteiger partial charge in [0.2, 0.25) is 0 Å². The van der Waals surface area contributed by atoms with E-state index in [0.29, 0.717) is 5.84 Å². The Hall–Kier alpha value is -9.84. The molecular formula is C73H50N4O. The van der Waals surface area contributed by atoms with Crippen molar-refractivity contribution in [2.24, 2.45) is 15.9 Å². The molecule has 0 spiro atoms. The van der Waals surface area contributed by atoms with Gasteiger partial charge in [-0.2, -0.15) is 0 Å². The van der Waals surface area contributed by atoms with Crippen molar-refractivity contribution in [1.82, 2.24) is 9.13 Å². The number of hydrogen-bond donors (Lipinski definition) is 0. The van der Waals surface area contributed by atoms with E-state index in [2.05, 4.69) is 265 Å². The Balaban J connectivity index is 1.02. The predicted octanol–water partition coefficient (Wildman–Crippen LogP) is 19.3. The average Bonchev–Trinajstić information content (AvgIpc) is 4.25. The van der Waals surface area contributed by atoms with Crippen LogP contribution < -0.4 is 0 Å². The van der Waals surface area contributed by atoms with Crippen LogP contribution in [0.3, 0.4) is 0 Å². The summed E-state index contributed by atoms with van der Waals surface area (Å²) in [5, 5.41) is 13.9. The normalized spacial score (nSPS) is 15.3. The van der Waals surface area contributed by atoms with E-state index in [-0.39, 0.29) is 12.0 Å². The molecule has 4 heterocycles. The third-order valence-corrected chi connectivity index (χ3v) is 16.6. The van der Waals surface area contributed by atoms with Crippen molar-refractivity contribution < 1.29 is 4.42 Å². The van der Waals surface area contributed by atoms with Gasteiger partial charge >= 0.3 is 0 Å². The van der Waals surface area contributed by atoms with E-state index in [4.69, 9.17) is 14.4 Å². The molecule has 3 aromatic heterocycles. The molecule has 78 heavy (non-hydrogen) atoms. The van der Waals surface area contributed by atoms with Crippen LogP contribution in [0.15, 0.2) is 263 Å². The van der Waals surface area contributed by atoms with Crippen LogP contribution in [0.4, 0.5) is 0 Å². The van der Waals surface area contributed by atoms with Gasteiger partial charge in [-0.1, -0.05) is 183 Å². The Bertz CT molecular complexity index is 5000. The van der Waals surface area contributed by atoms with Crippen molar-refractivity contribution >= 4 is 109 Å². The van der Waals surface area contributed by atoms with Crippen molar-refractivity contribution in [2.75, 3.05) is 0 Å². The Morgan fingerprint density at radius 2 is 1.04 bits per heavy atom. The quantitative estimate of drug-likeness (QED) is 0.164. The van der Waals surface area contributed by atoms with E-state index in [1.165, 1.54) is 59.7 Å². The maximum absolute atomic E-state index is 7.49. The van der Waals surface area contributed by atoms with Crippen molar-refractivity contribution in [2.45, 2.75) is 25.8 Å². The summed E-state index contributed by atoms with van der Waals surface area (Å²) in [7, 11) is 0. The molecule has 2 atom stereocenters. The van der Waals surface area contributed by atoms with Crippen LogP contribution in [0.1, 0.15) is 42.5 Å². The molecule has 15 aromatic rings. The van der Waals surface area contributed by atoms with Gasteiger partial charge in [0, 0.05) is 43.4 Å². The fraction of sp³-hybridized carbons (Fsp3) is 0.0685. The number of benzene rings is 12. The first-order chi connectivity index (χ1) is 38.6. The fourth-order valence-corrected chi connectivity index (χ4v) is 13.0. The van der Waals surface area contributed by atoms with Crippen LogP contribution in [0.2, 0.25) is 0 Å². The lowest BCUT2D eigenvalue weighted by Crippen LogP contribution is -2.18. The molecular weight excluding hydrogens is 949 g/mol. The number of furan rings is 1. The Labute approximate surface area is 450 Å². The SMILES string of the molecule is CC1CC(c2cccc(-c3ccccc3)c2)=NC(c2c(-n3c4cc5ccccc5cc4c4c5ccccc5ccc43)ccc3c2oc2c4ccccc4ccc32)=NC(c2ccc3c(c2)c2ccccc2n3-c2ccccc2)C1. The third kappa shape index (κ3) is 7.01. The number of fused-ring (bicyclic) bond motifs is 14. The van der Waals surface area contributed by atoms with Crippen LogP contribution in [-0.4, -0.2) is 20.7 Å². The topological polar surface area (TPSA) is 47.7 Å². The number of hydrogen-bond acceptors (Lipinski definition) is 3. The van der Waals surface area contributed by atoms with E-state index in [1.54, 1.807) is 0 Å². The summed E-state index contributed by atoms with van der Waals surface area (Å²) in [4.78, 5) is 12.1. The van der Waals surface area contributed by atoms with Gasteiger partial charge in [0.05, 0.1) is 45.1 Å². The highest BCUT2D eigenvalue weighted by Crippen LogP contribution is 2.45. The van der Waals surface area contributed by atoms with Gasteiger partial charge in [-0.25, -0.2) is 4.99 Å². The molecule has 0 bridgehead atoms. The number of amidine groups is 1.